The summed E-state index contributed by atoms with van der Waals surface area (Å²) < 4.78 is 1.22. The van der Waals surface area contributed by atoms with Gasteiger partial charge in [-0.3, -0.25) is 4.79 Å². The number of benzene rings is 2. The monoisotopic (exact) mass is 406 g/mol. The maximum atomic E-state index is 13.2. The summed E-state index contributed by atoms with van der Waals surface area (Å²) in [6, 6.07) is 18.5. The fourth-order valence-corrected chi connectivity index (χ4v) is 3.20. The van der Waals surface area contributed by atoms with Gasteiger partial charge in [-0.05, 0) is 38.1 Å². The molecule has 0 radical (unpaired) electrons. The van der Waals surface area contributed by atoms with Gasteiger partial charge in [0.2, 0.25) is 5.95 Å². The van der Waals surface area contributed by atoms with Crippen LogP contribution in [0.15, 0.2) is 71.7 Å². The number of aromatic nitrogens is 3. The second-order valence-electron chi connectivity index (χ2n) is 6.76. The highest BCUT2D eigenvalue weighted by Gasteiger charge is 2.17. The van der Waals surface area contributed by atoms with Crippen molar-refractivity contribution in [1.29, 1.82) is 0 Å². The van der Waals surface area contributed by atoms with Crippen molar-refractivity contribution in [3.05, 3.63) is 82.2 Å². The summed E-state index contributed by atoms with van der Waals surface area (Å²) in [5.74, 6) is 0.370. The average molecular weight is 407 g/mol. The molecular formula is C22H19ClN4O2. The third-order valence-corrected chi connectivity index (χ3v) is 4.54. The molecule has 29 heavy (non-hydrogen) atoms. The fraction of sp³-hybridized carbons (Fsp3) is 0.136. The van der Waals surface area contributed by atoms with E-state index in [2.05, 4.69) is 15.3 Å². The van der Waals surface area contributed by atoms with Crippen LogP contribution >= 0.6 is 11.6 Å². The minimum Gasteiger partial charge on any atom is -0.406 e. The molecule has 0 aliphatic rings. The highest BCUT2D eigenvalue weighted by molar-refractivity contribution is 6.33. The summed E-state index contributed by atoms with van der Waals surface area (Å²) >= 11 is 6.33. The Morgan fingerprint density at radius 1 is 1.03 bits per heavy atom. The van der Waals surface area contributed by atoms with Gasteiger partial charge in [-0.2, -0.15) is 4.98 Å². The van der Waals surface area contributed by atoms with E-state index in [1.165, 1.54) is 4.73 Å². The van der Waals surface area contributed by atoms with Crippen molar-refractivity contribution < 1.29 is 4.84 Å². The van der Waals surface area contributed by atoms with Crippen molar-refractivity contribution in [2.45, 2.75) is 20.0 Å². The van der Waals surface area contributed by atoms with Crippen molar-refractivity contribution >= 4 is 34.3 Å². The Hall–Kier alpha value is -3.38. The average Bonchev–Trinajstić information content (AvgIpc) is 2.71. The first kappa shape index (κ1) is 19.0. The van der Waals surface area contributed by atoms with Gasteiger partial charge in [-0.15, -0.1) is 4.73 Å². The second kappa shape index (κ2) is 7.93. The summed E-state index contributed by atoms with van der Waals surface area (Å²) in [6.07, 6.45) is 1.44. The quantitative estimate of drug-likeness (QED) is 0.520. The molecule has 0 spiro atoms. The van der Waals surface area contributed by atoms with E-state index in [1.54, 1.807) is 24.4 Å². The minimum atomic E-state index is -0.330. The standard InChI is InChI=1S/C22H19ClN4O2/c1-14(2)29-27-20-15(12-18(21(27)28)17-10-6-7-11-19(17)23)13-24-22(26-20)25-16-8-4-3-5-9-16/h3-14H,1-2H3,(H,24,25,26). The zero-order chi connectivity index (χ0) is 20.4. The number of pyridine rings is 1. The van der Waals surface area contributed by atoms with Gasteiger partial charge in [0.25, 0.3) is 5.56 Å². The van der Waals surface area contributed by atoms with E-state index in [0.29, 0.717) is 33.1 Å². The molecule has 2 aromatic carbocycles. The van der Waals surface area contributed by atoms with Crippen LogP contribution in [-0.2, 0) is 0 Å². The lowest BCUT2D eigenvalue weighted by Gasteiger charge is -2.16. The van der Waals surface area contributed by atoms with Gasteiger partial charge in [0.05, 0.1) is 5.56 Å². The maximum Gasteiger partial charge on any atom is 0.293 e. The SMILES string of the molecule is CC(C)On1c(=O)c(-c2ccccc2Cl)cc2cnc(Nc3ccccc3)nc21. The molecule has 0 fully saturated rings. The lowest BCUT2D eigenvalue weighted by Crippen LogP contribution is -2.32. The highest BCUT2D eigenvalue weighted by Crippen LogP contribution is 2.27. The van der Waals surface area contributed by atoms with Crippen LogP contribution in [0.3, 0.4) is 0 Å². The molecule has 0 atom stereocenters. The van der Waals surface area contributed by atoms with E-state index in [9.17, 15) is 4.79 Å². The number of halogens is 1. The predicted molar refractivity (Wildman–Crippen MR) is 116 cm³/mol. The van der Waals surface area contributed by atoms with Crippen molar-refractivity contribution in [1.82, 2.24) is 14.7 Å². The minimum absolute atomic E-state index is 0.224. The number of rotatable bonds is 5. The normalized spacial score (nSPS) is 11.0. The number of fused-ring (bicyclic) bond motifs is 1. The zero-order valence-electron chi connectivity index (χ0n) is 16.0. The Morgan fingerprint density at radius 2 is 1.76 bits per heavy atom. The summed E-state index contributed by atoms with van der Waals surface area (Å²) in [5.41, 5.74) is 1.96. The number of anilines is 2. The van der Waals surface area contributed by atoms with Crippen LogP contribution in [0.25, 0.3) is 22.2 Å². The highest BCUT2D eigenvalue weighted by atomic mass is 35.5. The summed E-state index contributed by atoms with van der Waals surface area (Å²) in [6.45, 7) is 3.70. The summed E-state index contributed by atoms with van der Waals surface area (Å²) in [7, 11) is 0. The first-order valence-electron chi connectivity index (χ1n) is 9.20. The fourth-order valence-electron chi connectivity index (χ4n) is 2.96. The van der Waals surface area contributed by atoms with E-state index in [1.807, 2.05) is 56.3 Å². The maximum absolute atomic E-state index is 13.2. The van der Waals surface area contributed by atoms with E-state index < -0.39 is 0 Å². The molecular weight excluding hydrogens is 388 g/mol. The second-order valence-corrected chi connectivity index (χ2v) is 7.16. The van der Waals surface area contributed by atoms with Gasteiger partial charge in [-0.1, -0.05) is 48.0 Å². The van der Waals surface area contributed by atoms with E-state index >= 15 is 0 Å². The molecule has 1 N–H and O–H groups in total. The Labute approximate surface area is 172 Å². The third kappa shape index (κ3) is 3.93. The first-order chi connectivity index (χ1) is 14.0. The van der Waals surface area contributed by atoms with Gasteiger partial charge in [0.15, 0.2) is 5.65 Å². The number of nitrogens with one attached hydrogen (secondary N) is 1. The van der Waals surface area contributed by atoms with Crippen LogP contribution in [-0.4, -0.2) is 20.8 Å². The predicted octanol–water partition coefficient (Wildman–Crippen LogP) is 4.69. The first-order valence-corrected chi connectivity index (χ1v) is 9.57. The number of para-hydroxylation sites is 1. The summed E-state index contributed by atoms with van der Waals surface area (Å²) in [5, 5.41) is 4.29. The third-order valence-electron chi connectivity index (χ3n) is 4.21. The molecule has 0 saturated heterocycles. The molecule has 4 aromatic rings. The van der Waals surface area contributed by atoms with Crippen LogP contribution in [0.1, 0.15) is 13.8 Å². The zero-order valence-corrected chi connectivity index (χ0v) is 16.7. The van der Waals surface area contributed by atoms with Crippen molar-refractivity contribution in [2.75, 3.05) is 5.32 Å². The molecule has 2 heterocycles. The van der Waals surface area contributed by atoms with Gasteiger partial charge in [0, 0.05) is 27.9 Å². The Morgan fingerprint density at radius 3 is 2.48 bits per heavy atom. The number of hydrogen-bond acceptors (Lipinski definition) is 5. The Balaban J connectivity index is 1.89. The van der Waals surface area contributed by atoms with Crippen molar-refractivity contribution in [2.24, 2.45) is 0 Å². The van der Waals surface area contributed by atoms with Crippen LogP contribution in [0.2, 0.25) is 5.02 Å². The molecule has 6 nitrogen and oxygen atoms in total. The number of hydrogen-bond donors (Lipinski definition) is 1. The lowest BCUT2D eigenvalue weighted by molar-refractivity contribution is 0.0609. The molecule has 7 heteroatoms. The number of nitrogens with zero attached hydrogens (tertiary/aromatic N) is 3. The molecule has 4 rings (SSSR count). The molecule has 146 valence electrons. The van der Waals surface area contributed by atoms with Gasteiger partial charge < -0.3 is 10.2 Å². The molecule has 0 amide bonds. The smallest absolute Gasteiger partial charge is 0.293 e. The summed E-state index contributed by atoms with van der Waals surface area (Å²) in [4.78, 5) is 28.0. The van der Waals surface area contributed by atoms with Crippen molar-refractivity contribution in [3.63, 3.8) is 0 Å². The molecule has 0 unspecified atom stereocenters. The Bertz CT molecular complexity index is 1220. The molecule has 0 saturated carbocycles. The van der Waals surface area contributed by atoms with Gasteiger partial charge in [-0.25, -0.2) is 4.98 Å². The lowest BCUT2D eigenvalue weighted by atomic mass is 10.1. The molecule has 0 aliphatic carbocycles. The van der Waals surface area contributed by atoms with Gasteiger partial charge in [0.1, 0.15) is 6.10 Å². The van der Waals surface area contributed by atoms with E-state index in [4.69, 9.17) is 16.4 Å². The van der Waals surface area contributed by atoms with Crippen molar-refractivity contribution in [3.8, 4) is 11.1 Å². The largest absolute Gasteiger partial charge is 0.406 e. The van der Waals surface area contributed by atoms with Crippen LogP contribution in [0.4, 0.5) is 11.6 Å². The van der Waals surface area contributed by atoms with E-state index in [-0.39, 0.29) is 11.7 Å². The molecule has 2 aromatic heterocycles. The van der Waals surface area contributed by atoms with Crippen LogP contribution in [0, 0.1) is 0 Å². The Kier molecular flexibility index (Phi) is 5.18. The van der Waals surface area contributed by atoms with Gasteiger partial charge >= 0.3 is 0 Å². The van der Waals surface area contributed by atoms with Crippen LogP contribution < -0.4 is 15.7 Å². The molecule has 0 aliphatic heterocycles. The topological polar surface area (TPSA) is 69.0 Å². The van der Waals surface area contributed by atoms with Crippen LogP contribution in [0.5, 0.6) is 0 Å². The van der Waals surface area contributed by atoms with E-state index in [0.717, 1.165) is 5.69 Å². The molecule has 0 bridgehead atoms.